The number of hydrogen-bond acceptors (Lipinski definition) is 6. The maximum atomic E-state index is 10.9. The molecule has 0 aliphatic heterocycles. The van der Waals surface area contributed by atoms with Crippen molar-refractivity contribution in [2.45, 2.75) is 246 Å². The maximum Gasteiger partial charge on any atom is 2.00 e. The Morgan fingerprint density at radius 2 is 0.549 bits per heavy atom. The first-order valence-electron chi connectivity index (χ1n) is 22.1. The van der Waals surface area contributed by atoms with Crippen LogP contribution in [-0.4, -0.2) is 97.7 Å². The van der Waals surface area contributed by atoms with E-state index in [1.165, 1.54) is 180 Å². The third-order valence-corrected chi connectivity index (χ3v) is 10.4. The minimum atomic E-state index is -0.920. The van der Waals surface area contributed by atoms with E-state index in [0.29, 0.717) is 0 Å². The standard InChI is InChI=1S/2C22H45NO2.Ca/c2*1-4-6-8-10-12-14-16-18-23(21(3)20-22(24)25)19-17-15-13-11-9-7-5-2;/h2*21H,4-20H2,1-3H3,(H,24,25);/q;;+2/p-2. The molecule has 6 nitrogen and oxygen atoms in total. The maximum absolute atomic E-state index is 10.9. The second-order valence-electron chi connectivity index (χ2n) is 15.4. The smallest absolute Gasteiger partial charge is 0.550 e. The molecule has 0 N–H and O–H groups in total. The van der Waals surface area contributed by atoms with Crippen LogP contribution in [0.5, 0.6) is 0 Å². The summed E-state index contributed by atoms with van der Waals surface area (Å²) in [5, 5.41) is 21.9. The molecule has 0 aromatic heterocycles. The summed E-state index contributed by atoms with van der Waals surface area (Å²) >= 11 is 0. The minimum Gasteiger partial charge on any atom is -0.550 e. The molecule has 0 aromatic rings. The molecule has 0 aromatic carbocycles. The van der Waals surface area contributed by atoms with Gasteiger partial charge in [0.2, 0.25) is 0 Å². The number of carbonyl (C=O) groups is 2. The van der Waals surface area contributed by atoms with Crippen LogP contribution in [0.3, 0.4) is 0 Å². The van der Waals surface area contributed by atoms with Gasteiger partial charge in [-0.15, -0.1) is 0 Å². The largest absolute Gasteiger partial charge is 2.00 e. The van der Waals surface area contributed by atoms with Crippen LogP contribution in [0.2, 0.25) is 0 Å². The summed E-state index contributed by atoms with van der Waals surface area (Å²) in [7, 11) is 0. The number of rotatable bonds is 38. The Labute approximate surface area is 349 Å². The quantitative estimate of drug-likeness (QED) is 0.0462. The monoisotopic (exact) mass is 749 g/mol. The first-order valence-corrected chi connectivity index (χ1v) is 22.1. The van der Waals surface area contributed by atoms with E-state index < -0.39 is 11.9 Å². The molecule has 2 atom stereocenters. The fraction of sp³-hybridized carbons (Fsp3) is 0.955. The zero-order valence-electron chi connectivity index (χ0n) is 35.4. The molecule has 0 rings (SSSR count). The van der Waals surface area contributed by atoms with Crippen LogP contribution < -0.4 is 10.2 Å². The van der Waals surface area contributed by atoms with Gasteiger partial charge in [0.1, 0.15) is 0 Å². The van der Waals surface area contributed by atoms with Gasteiger partial charge in [0, 0.05) is 36.9 Å². The topological polar surface area (TPSA) is 86.7 Å². The van der Waals surface area contributed by atoms with Crippen LogP contribution in [0.25, 0.3) is 0 Å². The second-order valence-corrected chi connectivity index (χ2v) is 15.4. The van der Waals surface area contributed by atoms with Gasteiger partial charge in [0.25, 0.3) is 0 Å². The van der Waals surface area contributed by atoms with Crippen molar-refractivity contribution in [1.29, 1.82) is 0 Å². The number of carboxylic acid groups (broad SMARTS) is 2. The Bertz CT molecular complexity index is 617. The predicted molar refractivity (Wildman–Crippen MR) is 219 cm³/mol. The first kappa shape index (κ1) is 55.5. The number of hydrogen-bond donors (Lipinski definition) is 0. The summed E-state index contributed by atoms with van der Waals surface area (Å²) in [5.74, 6) is -1.84. The van der Waals surface area contributed by atoms with Crippen LogP contribution in [0, 0.1) is 0 Å². The molecule has 51 heavy (non-hydrogen) atoms. The Morgan fingerprint density at radius 1 is 0.373 bits per heavy atom. The van der Waals surface area contributed by atoms with Crippen molar-refractivity contribution < 1.29 is 19.8 Å². The summed E-state index contributed by atoms with van der Waals surface area (Å²) in [4.78, 5) is 26.6. The molecule has 0 bridgehead atoms. The Morgan fingerprint density at radius 3 is 0.725 bits per heavy atom. The minimum absolute atomic E-state index is 0. The zero-order chi connectivity index (χ0) is 37.5. The van der Waals surface area contributed by atoms with Gasteiger partial charge >= 0.3 is 37.7 Å². The molecular formula is C44H88CaN2O4. The van der Waals surface area contributed by atoms with Gasteiger partial charge in [-0.05, 0) is 65.7 Å². The van der Waals surface area contributed by atoms with Gasteiger partial charge in [-0.2, -0.15) is 0 Å². The Kier molecular flexibility index (Phi) is 48.4. The fourth-order valence-electron chi connectivity index (χ4n) is 6.93. The molecule has 0 heterocycles. The van der Waals surface area contributed by atoms with Crippen molar-refractivity contribution in [3.63, 3.8) is 0 Å². The van der Waals surface area contributed by atoms with Crippen LogP contribution in [0.1, 0.15) is 234 Å². The normalized spacial score (nSPS) is 12.4. The van der Waals surface area contributed by atoms with Crippen molar-refractivity contribution >= 4 is 49.7 Å². The third-order valence-electron chi connectivity index (χ3n) is 10.4. The molecule has 0 fully saturated rings. The van der Waals surface area contributed by atoms with Crippen LogP contribution in [0.15, 0.2) is 0 Å². The van der Waals surface area contributed by atoms with Crippen LogP contribution >= 0.6 is 0 Å². The summed E-state index contributed by atoms with van der Waals surface area (Å²) in [6.07, 6.45) is 36.9. The molecule has 0 aliphatic carbocycles. The van der Waals surface area contributed by atoms with E-state index in [1.807, 2.05) is 13.8 Å². The summed E-state index contributed by atoms with van der Waals surface area (Å²) in [6.45, 7) is 17.2. The average Bonchev–Trinajstić information content (AvgIpc) is 3.07. The van der Waals surface area contributed by atoms with Gasteiger partial charge < -0.3 is 29.6 Å². The van der Waals surface area contributed by atoms with Crippen molar-refractivity contribution in [2.75, 3.05) is 26.2 Å². The number of carboxylic acids is 2. The van der Waals surface area contributed by atoms with E-state index in [-0.39, 0.29) is 62.7 Å². The molecule has 2 unspecified atom stereocenters. The molecule has 7 heteroatoms. The number of nitrogens with zero attached hydrogens (tertiary/aromatic N) is 2. The van der Waals surface area contributed by atoms with Crippen molar-refractivity contribution in [3.8, 4) is 0 Å². The van der Waals surface area contributed by atoms with E-state index in [2.05, 4.69) is 37.5 Å². The molecule has 0 saturated heterocycles. The first-order chi connectivity index (χ1) is 24.2. The summed E-state index contributed by atoms with van der Waals surface area (Å²) in [6, 6.07) is 0.204. The SMILES string of the molecule is CCCCCCCCCN(CCCCCCCCC)C(C)CC(=O)[O-].CCCCCCCCCN(CCCCCCCCC)C(C)CC(=O)[O-].[Ca+2]. The van der Waals surface area contributed by atoms with E-state index in [1.54, 1.807) is 0 Å². The number of carbonyl (C=O) groups excluding carboxylic acids is 2. The van der Waals surface area contributed by atoms with E-state index >= 15 is 0 Å². The van der Waals surface area contributed by atoms with Gasteiger partial charge in [-0.3, -0.25) is 0 Å². The van der Waals surface area contributed by atoms with Crippen LogP contribution in [-0.2, 0) is 9.59 Å². The van der Waals surface area contributed by atoms with Gasteiger partial charge in [0.05, 0.1) is 0 Å². The van der Waals surface area contributed by atoms with Gasteiger partial charge in [0.15, 0.2) is 0 Å². The van der Waals surface area contributed by atoms with E-state index in [9.17, 15) is 19.8 Å². The Balaban J connectivity index is -0.000000886. The van der Waals surface area contributed by atoms with Gasteiger partial charge in [-0.1, -0.05) is 182 Å². The van der Waals surface area contributed by atoms with E-state index in [0.717, 1.165) is 26.2 Å². The zero-order valence-corrected chi connectivity index (χ0v) is 37.6. The van der Waals surface area contributed by atoms with Crippen LogP contribution in [0.4, 0.5) is 0 Å². The summed E-state index contributed by atoms with van der Waals surface area (Å²) in [5.41, 5.74) is 0. The fourth-order valence-corrected chi connectivity index (χ4v) is 6.93. The van der Waals surface area contributed by atoms with Crippen molar-refractivity contribution in [3.05, 3.63) is 0 Å². The van der Waals surface area contributed by atoms with Crippen molar-refractivity contribution in [1.82, 2.24) is 9.80 Å². The molecule has 0 spiro atoms. The molecule has 0 aliphatic rings. The summed E-state index contributed by atoms with van der Waals surface area (Å²) < 4.78 is 0. The Hall–Kier alpha value is 0.120. The number of aliphatic carboxylic acids is 2. The molecule has 0 radical (unpaired) electrons. The van der Waals surface area contributed by atoms with Crippen molar-refractivity contribution in [2.24, 2.45) is 0 Å². The molecular weight excluding hydrogens is 661 g/mol. The van der Waals surface area contributed by atoms with E-state index in [4.69, 9.17) is 0 Å². The molecule has 300 valence electrons. The average molecular weight is 749 g/mol. The predicted octanol–water partition coefficient (Wildman–Crippen LogP) is 10.3. The number of unbranched alkanes of at least 4 members (excludes halogenated alkanes) is 24. The third kappa shape index (κ3) is 42.7. The molecule has 0 saturated carbocycles. The van der Waals surface area contributed by atoms with Gasteiger partial charge in [-0.25, -0.2) is 0 Å². The molecule has 0 amide bonds. The second kappa shape index (κ2) is 44.5.